The summed E-state index contributed by atoms with van der Waals surface area (Å²) in [5.74, 6) is 0.729. The number of likely N-dealkylation sites (N-methyl/N-ethyl adjacent to an activating group) is 1. The Morgan fingerprint density at radius 1 is 1.38 bits per heavy atom. The molecule has 0 saturated carbocycles. The summed E-state index contributed by atoms with van der Waals surface area (Å²) in [6.45, 7) is 4.76. The van der Waals surface area contributed by atoms with Gasteiger partial charge in [0.05, 0.1) is 30.1 Å². The molecule has 112 valence electrons. The lowest BCUT2D eigenvalue weighted by Crippen LogP contribution is -2.30. The first-order chi connectivity index (χ1) is 9.95. The Bertz CT molecular complexity index is 600. The Morgan fingerprint density at radius 3 is 2.76 bits per heavy atom. The van der Waals surface area contributed by atoms with Crippen molar-refractivity contribution in [2.75, 3.05) is 18.9 Å². The minimum atomic E-state index is -0.0992. The van der Waals surface area contributed by atoms with E-state index in [1.54, 1.807) is 6.26 Å². The van der Waals surface area contributed by atoms with Crippen molar-refractivity contribution in [2.24, 2.45) is 0 Å². The van der Waals surface area contributed by atoms with Crippen LogP contribution < -0.4 is 5.32 Å². The third kappa shape index (κ3) is 4.34. The number of benzene rings is 1. The Kier molecular flexibility index (Phi) is 5.04. The van der Waals surface area contributed by atoms with Crippen LogP contribution in [-0.2, 0) is 11.3 Å². The van der Waals surface area contributed by atoms with Crippen molar-refractivity contribution in [1.29, 1.82) is 0 Å². The van der Waals surface area contributed by atoms with Crippen molar-refractivity contribution in [3.8, 4) is 0 Å². The van der Waals surface area contributed by atoms with Crippen LogP contribution >= 0.6 is 11.6 Å². The largest absolute Gasteiger partial charge is 0.468 e. The molecular weight excluding hydrogens is 288 g/mol. The zero-order valence-corrected chi connectivity index (χ0v) is 13.2. The highest BCUT2D eigenvalue weighted by Gasteiger charge is 2.12. The number of carbonyl (C=O) groups is 1. The smallest absolute Gasteiger partial charge is 0.238 e. The number of anilines is 1. The van der Waals surface area contributed by atoms with Gasteiger partial charge in [0.2, 0.25) is 5.91 Å². The number of nitrogens with one attached hydrogen (secondary N) is 1. The summed E-state index contributed by atoms with van der Waals surface area (Å²) in [7, 11) is 1.87. The molecule has 2 aromatic rings. The minimum Gasteiger partial charge on any atom is -0.468 e. The van der Waals surface area contributed by atoms with E-state index in [1.165, 1.54) is 0 Å². The molecule has 0 saturated heterocycles. The molecule has 1 aromatic carbocycles. The van der Waals surface area contributed by atoms with Crippen molar-refractivity contribution < 1.29 is 9.21 Å². The van der Waals surface area contributed by atoms with E-state index >= 15 is 0 Å². The molecule has 0 spiro atoms. The molecular formula is C16H19ClN2O2. The lowest BCUT2D eigenvalue weighted by molar-refractivity contribution is -0.117. The highest BCUT2D eigenvalue weighted by Crippen LogP contribution is 2.27. The van der Waals surface area contributed by atoms with Gasteiger partial charge < -0.3 is 9.73 Å². The molecule has 0 aliphatic carbocycles. The van der Waals surface area contributed by atoms with Gasteiger partial charge in [-0.1, -0.05) is 17.7 Å². The van der Waals surface area contributed by atoms with Crippen LogP contribution in [0, 0.1) is 13.8 Å². The van der Waals surface area contributed by atoms with Crippen LogP contribution in [-0.4, -0.2) is 24.4 Å². The Hall–Kier alpha value is -1.78. The molecule has 0 aliphatic rings. The van der Waals surface area contributed by atoms with Gasteiger partial charge in [0.15, 0.2) is 0 Å². The number of hydrogen-bond acceptors (Lipinski definition) is 3. The van der Waals surface area contributed by atoms with Gasteiger partial charge in [-0.15, -0.1) is 0 Å². The second-order valence-electron chi connectivity index (χ2n) is 5.24. The topological polar surface area (TPSA) is 45.5 Å². The normalized spacial score (nSPS) is 10.9. The van der Waals surface area contributed by atoms with Gasteiger partial charge in [0.25, 0.3) is 0 Å². The summed E-state index contributed by atoms with van der Waals surface area (Å²) in [4.78, 5) is 14.0. The third-order valence-corrected chi connectivity index (χ3v) is 3.41. The van der Waals surface area contributed by atoms with E-state index in [-0.39, 0.29) is 12.5 Å². The molecule has 1 N–H and O–H groups in total. The highest BCUT2D eigenvalue weighted by atomic mass is 35.5. The summed E-state index contributed by atoms with van der Waals surface area (Å²) in [5.41, 5.74) is 2.71. The van der Waals surface area contributed by atoms with Gasteiger partial charge in [-0.2, -0.15) is 0 Å². The first kappa shape index (κ1) is 15.6. The number of carbonyl (C=O) groups excluding carboxylic acids is 1. The molecule has 0 fully saturated rings. The molecule has 5 heteroatoms. The second-order valence-corrected chi connectivity index (χ2v) is 5.65. The monoisotopic (exact) mass is 306 g/mol. The number of amides is 1. The van der Waals surface area contributed by atoms with Crippen LogP contribution in [0.5, 0.6) is 0 Å². The Labute approximate surface area is 129 Å². The number of furan rings is 1. The molecule has 0 unspecified atom stereocenters. The van der Waals surface area contributed by atoms with Crippen molar-refractivity contribution in [2.45, 2.75) is 20.4 Å². The van der Waals surface area contributed by atoms with E-state index in [1.807, 2.05) is 50.1 Å². The standard InChI is InChI=1S/C16H19ClN2O2/c1-11-7-12(2)16(14(17)8-11)18-15(20)10-19(3)9-13-5-4-6-21-13/h4-8H,9-10H2,1-3H3,(H,18,20). The highest BCUT2D eigenvalue weighted by molar-refractivity contribution is 6.34. The van der Waals surface area contributed by atoms with Crippen LogP contribution in [0.2, 0.25) is 5.02 Å². The van der Waals surface area contributed by atoms with Crippen molar-refractivity contribution in [3.63, 3.8) is 0 Å². The summed E-state index contributed by atoms with van der Waals surface area (Å²) in [6, 6.07) is 7.55. The molecule has 1 aromatic heterocycles. The molecule has 4 nitrogen and oxygen atoms in total. The van der Waals surface area contributed by atoms with Crippen LogP contribution in [0.1, 0.15) is 16.9 Å². The first-order valence-corrected chi connectivity index (χ1v) is 7.11. The fourth-order valence-electron chi connectivity index (χ4n) is 2.22. The van der Waals surface area contributed by atoms with Gasteiger partial charge in [-0.3, -0.25) is 9.69 Å². The predicted molar refractivity (Wildman–Crippen MR) is 84.6 cm³/mol. The first-order valence-electron chi connectivity index (χ1n) is 6.73. The molecule has 0 aliphatic heterocycles. The van der Waals surface area contributed by atoms with Gasteiger partial charge in [-0.25, -0.2) is 0 Å². The zero-order valence-electron chi connectivity index (χ0n) is 12.4. The third-order valence-electron chi connectivity index (χ3n) is 3.12. The zero-order chi connectivity index (χ0) is 15.4. The Morgan fingerprint density at radius 2 is 2.14 bits per heavy atom. The van der Waals surface area contributed by atoms with E-state index in [0.717, 1.165) is 16.9 Å². The van der Waals surface area contributed by atoms with Crippen molar-refractivity contribution in [1.82, 2.24) is 4.90 Å². The summed E-state index contributed by atoms with van der Waals surface area (Å²) in [5, 5.41) is 3.44. The van der Waals surface area contributed by atoms with Gasteiger partial charge >= 0.3 is 0 Å². The van der Waals surface area contributed by atoms with E-state index in [9.17, 15) is 4.79 Å². The van der Waals surface area contributed by atoms with E-state index in [0.29, 0.717) is 17.3 Å². The molecule has 1 amide bonds. The van der Waals surface area contributed by atoms with Gasteiger partial charge in [0, 0.05) is 0 Å². The summed E-state index contributed by atoms with van der Waals surface area (Å²) >= 11 is 6.19. The lowest BCUT2D eigenvalue weighted by atomic mass is 10.1. The predicted octanol–water partition coefficient (Wildman–Crippen LogP) is 3.62. The van der Waals surface area contributed by atoms with Crippen molar-refractivity contribution in [3.05, 3.63) is 52.4 Å². The fraction of sp³-hybridized carbons (Fsp3) is 0.312. The molecule has 0 bridgehead atoms. The number of rotatable bonds is 5. The van der Waals surface area contributed by atoms with E-state index < -0.39 is 0 Å². The lowest BCUT2D eigenvalue weighted by Gasteiger charge is -2.16. The molecule has 0 atom stereocenters. The van der Waals surface area contributed by atoms with Gasteiger partial charge in [0.1, 0.15) is 5.76 Å². The SMILES string of the molecule is Cc1cc(C)c(NC(=O)CN(C)Cc2ccco2)c(Cl)c1. The maximum Gasteiger partial charge on any atom is 0.238 e. The maximum absolute atomic E-state index is 12.1. The number of hydrogen-bond donors (Lipinski definition) is 1. The van der Waals surface area contributed by atoms with Crippen molar-refractivity contribution >= 4 is 23.2 Å². The fourth-order valence-corrected chi connectivity index (χ4v) is 2.59. The van der Waals surface area contributed by atoms with E-state index in [2.05, 4.69) is 5.32 Å². The average Bonchev–Trinajstić information content (AvgIpc) is 2.86. The van der Waals surface area contributed by atoms with Crippen LogP contribution in [0.15, 0.2) is 34.9 Å². The average molecular weight is 307 g/mol. The summed E-state index contributed by atoms with van der Waals surface area (Å²) < 4.78 is 5.26. The van der Waals surface area contributed by atoms with Crippen LogP contribution in [0.4, 0.5) is 5.69 Å². The second kappa shape index (κ2) is 6.78. The number of halogens is 1. The maximum atomic E-state index is 12.1. The molecule has 1 heterocycles. The quantitative estimate of drug-likeness (QED) is 0.917. The minimum absolute atomic E-state index is 0.0992. The van der Waals surface area contributed by atoms with Crippen LogP contribution in [0.25, 0.3) is 0 Å². The van der Waals surface area contributed by atoms with E-state index in [4.69, 9.17) is 16.0 Å². The molecule has 21 heavy (non-hydrogen) atoms. The summed E-state index contributed by atoms with van der Waals surface area (Å²) in [6.07, 6.45) is 1.62. The molecule has 2 rings (SSSR count). The van der Waals surface area contributed by atoms with Gasteiger partial charge in [-0.05, 0) is 50.2 Å². The van der Waals surface area contributed by atoms with Crippen LogP contribution in [0.3, 0.4) is 0 Å². The molecule has 0 radical (unpaired) electrons. The number of nitrogens with zero attached hydrogens (tertiary/aromatic N) is 1. The Balaban J connectivity index is 1.95. The number of aryl methyl sites for hydroxylation is 2.